The number of rotatable bonds is 6. The van der Waals surface area contributed by atoms with E-state index in [1.165, 1.54) is 32.4 Å². The van der Waals surface area contributed by atoms with Gasteiger partial charge in [0.25, 0.3) is 5.91 Å². The van der Waals surface area contributed by atoms with Gasteiger partial charge in [0, 0.05) is 12.3 Å². The number of methoxy groups -OCH3 is 1. The summed E-state index contributed by atoms with van der Waals surface area (Å²) in [6.45, 7) is 1.39. The molecule has 0 aliphatic heterocycles. The summed E-state index contributed by atoms with van der Waals surface area (Å²) in [6, 6.07) is 11.5. The van der Waals surface area contributed by atoms with Crippen molar-refractivity contribution in [1.29, 1.82) is 0 Å². The Balaban J connectivity index is 2.14. The number of carbonyl (C=O) groups is 2. The zero-order valence-electron chi connectivity index (χ0n) is 13.4. The van der Waals surface area contributed by atoms with Crippen molar-refractivity contribution in [3.8, 4) is 5.75 Å². The highest BCUT2D eigenvalue weighted by Crippen LogP contribution is 2.14. The fraction of sp³-hybridized carbons (Fsp3) is 0.235. The number of carbonyl (C=O) groups excluding carboxylic acids is 2. The van der Waals surface area contributed by atoms with Crippen LogP contribution in [0.1, 0.15) is 17.3 Å². The quantitative estimate of drug-likeness (QED) is 0.774. The predicted octanol–water partition coefficient (Wildman–Crippen LogP) is 1.12. The van der Waals surface area contributed by atoms with Gasteiger partial charge in [-0.15, -0.1) is 0 Å². The van der Waals surface area contributed by atoms with E-state index in [2.05, 4.69) is 10.3 Å². The third-order valence-electron chi connectivity index (χ3n) is 3.34. The zero-order chi connectivity index (χ0) is 17.6. The highest BCUT2D eigenvalue weighted by molar-refractivity contribution is 5.97. The monoisotopic (exact) mass is 330 g/mol. The first-order chi connectivity index (χ1) is 11.4. The van der Waals surface area contributed by atoms with E-state index in [9.17, 15) is 14.4 Å². The predicted molar refractivity (Wildman–Crippen MR) is 86.9 cm³/mol. The van der Waals surface area contributed by atoms with Crippen LogP contribution in [0.15, 0.2) is 53.5 Å². The van der Waals surface area contributed by atoms with Crippen LogP contribution < -0.4 is 15.6 Å². The molecule has 2 aromatic rings. The molecule has 24 heavy (non-hydrogen) atoms. The van der Waals surface area contributed by atoms with Crippen LogP contribution in [0.2, 0.25) is 0 Å². The van der Waals surface area contributed by atoms with Crippen molar-refractivity contribution in [3.63, 3.8) is 0 Å². The van der Waals surface area contributed by atoms with E-state index in [1.807, 2.05) is 6.07 Å². The topological polar surface area (TPSA) is 97.5 Å². The Hall–Kier alpha value is -3.09. The van der Waals surface area contributed by atoms with Crippen molar-refractivity contribution in [2.75, 3.05) is 13.7 Å². The molecule has 1 amide bonds. The molecule has 2 rings (SSSR count). The van der Waals surface area contributed by atoms with Crippen LogP contribution in [0.25, 0.3) is 0 Å². The molecule has 2 N–H and O–H groups in total. The minimum Gasteiger partial charge on any atom is -0.491 e. The maximum absolute atomic E-state index is 12.3. The van der Waals surface area contributed by atoms with Crippen LogP contribution in [0.4, 0.5) is 0 Å². The number of esters is 1. The van der Waals surface area contributed by atoms with Gasteiger partial charge in [0.15, 0.2) is 5.54 Å². The summed E-state index contributed by atoms with van der Waals surface area (Å²) in [5, 5.41) is 2.59. The largest absolute Gasteiger partial charge is 0.491 e. The standard InChI is InChI=1S/C17H18N2O5/c1-17(16(22)23-2,11-24-13-6-4-3-5-7-13)19-15(21)12-8-9-14(20)18-10-12/h3-10H,11H2,1-2H3,(H,18,20)(H,19,21)/t17-/m1/s1. The average molecular weight is 330 g/mol. The SMILES string of the molecule is COC(=O)[C@@](C)(COc1ccccc1)NC(=O)c1ccc(=O)[nH]c1. The number of aromatic amines is 1. The second-order valence-electron chi connectivity index (χ2n) is 5.32. The molecule has 0 fully saturated rings. The Bertz CT molecular complexity index is 752. The number of para-hydroxylation sites is 1. The van der Waals surface area contributed by atoms with Gasteiger partial charge in [-0.2, -0.15) is 0 Å². The summed E-state index contributed by atoms with van der Waals surface area (Å²) in [4.78, 5) is 37.9. The molecule has 7 heteroatoms. The highest BCUT2D eigenvalue weighted by atomic mass is 16.5. The maximum Gasteiger partial charge on any atom is 0.334 e. The van der Waals surface area contributed by atoms with E-state index in [0.717, 1.165) is 0 Å². The van der Waals surface area contributed by atoms with Crippen molar-refractivity contribution >= 4 is 11.9 Å². The lowest BCUT2D eigenvalue weighted by Crippen LogP contribution is -2.56. The molecule has 0 aliphatic rings. The number of hydrogen-bond acceptors (Lipinski definition) is 5. The summed E-state index contributed by atoms with van der Waals surface area (Å²) < 4.78 is 10.3. The molecular formula is C17H18N2O5. The number of pyridine rings is 1. The number of ether oxygens (including phenoxy) is 2. The lowest BCUT2D eigenvalue weighted by molar-refractivity contribution is -0.148. The fourth-order valence-electron chi connectivity index (χ4n) is 1.99. The van der Waals surface area contributed by atoms with E-state index in [1.54, 1.807) is 24.3 Å². The third-order valence-corrected chi connectivity index (χ3v) is 3.34. The van der Waals surface area contributed by atoms with E-state index in [-0.39, 0.29) is 17.7 Å². The van der Waals surface area contributed by atoms with E-state index < -0.39 is 17.4 Å². The fourth-order valence-corrected chi connectivity index (χ4v) is 1.99. The molecule has 0 radical (unpaired) electrons. The maximum atomic E-state index is 12.3. The molecule has 0 saturated carbocycles. The van der Waals surface area contributed by atoms with Gasteiger partial charge in [0.2, 0.25) is 5.56 Å². The normalized spacial score (nSPS) is 12.8. The van der Waals surface area contributed by atoms with Gasteiger partial charge in [0.05, 0.1) is 12.7 Å². The Morgan fingerprint density at radius 2 is 1.88 bits per heavy atom. The number of benzene rings is 1. The summed E-state index contributed by atoms with van der Waals surface area (Å²) in [7, 11) is 1.23. The van der Waals surface area contributed by atoms with Crippen LogP contribution >= 0.6 is 0 Å². The van der Waals surface area contributed by atoms with Crippen LogP contribution in [-0.4, -0.2) is 36.1 Å². The average Bonchev–Trinajstić information content (AvgIpc) is 2.60. The van der Waals surface area contributed by atoms with Gasteiger partial charge >= 0.3 is 5.97 Å². The highest BCUT2D eigenvalue weighted by Gasteiger charge is 2.37. The molecule has 126 valence electrons. The van der Waals surface area contributed by atoms with Gasteiger partial charge < -0.3 is 19.8 Å². The number of amides is 1. The number of hydrogen-bond donors (Lipinski definition) is 2. The van der Waals surface area contributed by atoms with E-state index in [4.69, 9.17) is 9.47 Å². The van der Waals surface area contributed by atoms with Crippen LogP contribution in [-0.2, 0) is 9.53 Å². The first-order valence-electron chi connectivity index (χ1n) is 7.22. The van der Waals surface area contributed by atoms with Gasteiger partial charge in [-0.1, -0.05) is 18.2 Å². The van der Waals surface area contributed by atoms with Gasteiger partial charge in [-0.25, -0.2) is 4.79 Å². The zero-order valence-corrected chi connectivity index (χ0v) is 13.4. The second kappa shape index (κ2) is 7.45. The first kappa shape index (κ1) is 17.3. The van der Waals surface area contributed by atoms with E-state index in [0.29, 0.717) is 5.75 Å². The Kier molecular flexibility index (Phi) is 5.36. The summed E-state index contributed by atoms with van der Waals surface area (Å²) in [6.07, 6.45) is 1.27. The Morgan fingerprint density at radius 1 is 1.17 bits per heavy atom. The number of H-pyrrole nitrogens is 1. The molecule has 0 spiro atoms. The van der Waals surface area contributed by atoms with Gasteiger partial charge in [-0.05, 0) is 25.1 Å². The van der Waals surface area contributed by atoms with Crippen molar-refractivity contribution in [2.45, 2.75) is 12.5 Å². The Morgan fingerprint density at radius 3 is 2.46 bits per heavy atom. The lowest BCUT2D eigenvalue weighted by Gasteiger charge is -2.27. The lowest BCUT2D eigenvalue weighted by atomic mass is 10.0. The molecule has 1 aromatic carbocycles. The van der Waals surface area contributed by atoms with Crippen LogP contribution in [0.5, 0.6) is 5.75 Å². The molecule has 1 aromatic heterocycles. The summed E-state index contributed by atoms with van der Waals surface area (Å²) in [5.74, 6) is -0.613. The Labute approximate surface area is 138 Å². The summed E-state index contributed by atoms with van der Waals surface area (Å²) >= 11 is 0. The van der Waals surface area contributed by atoms with Crippen molar-refractivity contribution in [1.82, 2.24) is 10.3 Å². The molecule has 0 aliphatic carbocycles. The van der Waals surface area contributed by atoms with Crippen molar-refractivity contribution < 1.29 is 19.1 Å². The van der Waals surface area contributed by atoms with Crippen molar-refractivity contribution in [2.24, 2.45) is 0 Å². The minimum absolute atomic E-state index is 0.112. The molecule has 0 saturated heterocycles. The molecule has 0 bridgehead atoms. The number of nitrogens with one attached hydrogen (secondary N) is 2. The van der Waals surface area contributed by atoms with Gasteiger partial charge in [0.1, 0.15) is 12.4 Å². The molecule has 1 heterocycles. The molecule has 0 unspecified atom stereocenters. The summed E-state index contributed by atoms with van der Waals surface area (Å²) in [5.41, 5.74) is -1.50. The smallest absolute Gasteiger partial charge is 0.334 e. The minimum atomic E-state index is -1.39. The number of aromatic nitrogens is 1. The third kappa shape index (κ3) is 4.22. The van der Waals surface area contributed by atoms with E-state index >= 15 is 0 Å². The second-order valence-corrected chi connectivity index (χ2v) is 5.32. The molecule has 7 nitrogen and oxygen atoms in total. The molecule has 1 atom stereocenters. The van der Waals surface area contributed by atoms with Crippen LogP contribution in [0.3, 0.4) is 0 Å². The van der Waals surface area contributed by atoms with Crippen LogP contribution in [0, 0.1) is 0 Å². The van der Waals surface area contributed by atoms with Crippen molar-refractivity contribution in [3.05, 3.63) is 64.6 Å². The first-order valence-corrected chi connectivity index (χ1v) is 7.22. The van der Waals surface area contributed by atoms with Gasteiger partial charge in [-0.3, -0.25) is 9.59 Å². The molecular weight excluding hydrogens is 312 g/mol.